The van der Waals surface area contributed by atoms with Gasteiger partial charge in [0.25, 0.3) is 0 Å². The van der Waals surface area contributed by atoms with E-state index in [1.807, 2.05) is 7.05 Å². The van der Waals surface area contributed by atoms with E-state index in [4.69, 9.17) is 0 Å². The molecule has 0 saturated heterocycles. The summed E-state index contributed by atoms with van der Waals surface area (Å²) < 4.78 is 2.34. The molecule has 1 nitrogen and oxygen atoms in total. The molecule has 1 rings (SSSR count). The molecular formula is C12H19Br2NS. The number of halogens is 2. The average molecular weight is 369 g/mol. The number of nitrogens with one attached hydrogen (secondary N) is 1. The van der Waals surface area contributed by atoms with Gasteiger partial charge in [0.15, 0.2) is 0 Å². The van der Waals surface area contributed by atoms with Crippen LogP contribution >= 0.6 is 43.2 Å². The second kappa shape index (κ2) is 5.98. The van der Waals surface area contributed by atoms with Gasteiger partial charge in [0.2, 0.25) is 0 Å². The van der Waals surface area contributed by atoms with Crippen LogP contribution in [-0.4, -0.2) is 7.05 Å². The van der Waals surface area contributed by atoms with Crippen LogP contribution in [0.25, 0.3) is 0 Å². The van der Waals surface area contributed by atoms with Crippen LogP contribution in [0.1, 0.15) is 44.5 Å². The van der Waals surface area contributed by atoms with Crippen LogP contribution in [-0.2, 0) is 0 Å². The Balaban J connectivity index is 2.68. The number of hydrogen-bond donors (Lipinski definition) is 1. The molecule has 0 aliphatic carbocycles. The summed E-state index contributed by atoms with van der Waals surface area (Å²) >= 11 is 8.89. The van der Waals surface area contributed by atoms with Gasteiger partial charge in [-0.3, -0.25) is 0 Å². The Morgan fingerprint density at radius 1 is 1.38 bits per heavy atom. The molecule has 1 aromatic heterocycles. The third-order valence-electron chi connectivity index (χ3n) is 2.54. The lowest BCUT2D eigenvalue weighted by atomic mass is 9.88. The van der Waals surface area contributed by atoms with Crippen molar-refractivity contribution < 1.29 is 0 Å². The zero-order valence-electron chi connectivity index (χ0n) is 10.2. The van der Waals surface area contributed by atoms with Gasteiger partial charge in [-0.25, -0.2) is 0 Å². The average Bonchev–Trinajstić information content (AvgIpc) is 2.46. The van der Waals surface area contributed by atoms with E-state index in [2.05, 4.69) is 64.0 Å². The fourth-order valence-corrected chi connectivity index (χ4v) is 3.78. The molecule has 0 aromatic carbocycles. The van der Waals surface area contributed by atoms with Gasteiger partial charge in [0.1, 0.15) is 0 Å². The summed E-state index contributed by atoms with van der Waals surface area (Å²) in [5.74, 6) is 0. The van der Waals surface area contributed by atoms with Crippen molar-refractivity contribution in [3.8, 4) is 0 Å². The van der Waals surface area contributed by atoms with Gasteiger partial charge in [0.05, 0.1) is 3.79 Å². The third-order valence-corrected chi connectivity index (χ3v) is 5.91. The molecule has 0 radical (unpaired) electrons. The van der Waals surface area contributed by atoms with E-state index in [0.29, 0.717) is 11.5 Å². The summed E-state index contributed by atoms with van der Waals surface area (Å²) in [5.41, 5.74) is 0.404. The molecule has 16 heavy (non-hydrogen) atoms. The smallest absolute Gasteiger partial charge is 0.0843 e. The first kappa shape index (κ1) is 14.7. The Labute approximate surface area is 119 Å². The summed E-state index contributed by atoms with van der Waals surface area (Å²) in [6.07, 6.45) is 2.41. The molecule has 92 valence electrons. The van der Waals surface area contributed by atoms with Crippen molar-refractivity contribution in [1.82, 2.24) is 5.32 Å². The van der Waals surface area contributed by atoms with Gasteiger partial charge in [-0.05, 0) is 63.2 Å². The highest BCUT2D eigenvalue weighted by molar-refractivity contribution is 9.13. The first-order chi connectivity index (χ1) is 7.33. The maximum absolute atomic E-state index is 3.55. The van der Waals surface area contributed by atoms with Gasteiger partial charge in [-0.2, -0.15) is 0 Å². The topological polar surface area (TPSA) is 12.0 Å². The van der Waals surface area contributed by atoms with Crippen LogP contribution in [0.15, 0.2) is 14.3 Å². The van der Waals surface area contributed by atoms with Crippen molar-refractivity contribution in [3.63, 3.8) is 0 Å². The molecule has 0 saturated carbocycles. The van der Waals surface area contributed by atoms with Crippen molar-refractivity contribution in [3.05, 3.63) is 19.2 Å². The van der Waals surface area contributed by atoms with Crippen LogP contribution in [0.5, 0.6) is 0 Å². The van der Waals surface area contributed by atoms with E-state index in [1.165, 1.54) is 21.5 Å². The van der Waals surface area contributed by atoms with Crippen LogP contribution in [0.3, 0.4) is 0 Å². The minimum absolute atomic E-state index is 0.404. The maximum Gasteiger partial charge on any atom is 0.0843 e. The number of hydrogen-bond acceptors (Lipinski definition) is 2. The van der Waals surface area contributed by atoms with Gasteiger partial charge in [-0.1, -0.05) is 20.8 Å². The summed E-state index contributed by atoms with van der Waals surface area (Å²) in [6.45, 7) is 6.87. The van der Waals surface area contributed by atoms with Crippen molar-refractivity contribution in [2.45, 2.75) is 39.7 Å². The molecule has 1 N–H and O–H groups in total. The van der Waals surface area contributed by atoms with Crippen LogP contribution in [0, 0.1) is 5.41 Å². The molecule has 1 heterocycles. The van der Waals surface area contributed by atoms with E-state index in [0.717, 1.165) is 4.47 Å². The van der Waals surface area contributed by atoms with Crippen LogP contribution in [0.2, 0.25) is 0 Å². The molecule has 1 aromatic rings. The van der Waals surface area contributed by atoms with Crippen LogP contribution < -0.4 is 5.32 Å². The molecule has 0 aliphatic heterocycles. The summed E-state index contributed by atoms with van der Waals surface area (Å²) in [4.78, 5) is 1.39. The number of thiophene rings is 1. The van der Waals surface area contributed by atoms with Crippen LogP contribution in [0.4, 0.5) is 0 Å². The van der Waals surface area contributed by atoms with Gasteiger partial charge >= 0.3 is 0 Å². The van der Waals surface area contributed by atoms with Gasteiger partial charge < -0.3 is 5.32 Å². The highest BCUT2D eigenvalue weighted by atomic mass is 79.9. The SMILES string of the molecule is CNC(CCC(C)(C)C)c1cc(Br)c(Br)s1. The fraction of sp³-hybridized carbons (Fsp3) is 0.667. The van der Waals surface area contributed by atoms with Gasteiger partial charge in [0, 0.05) is 15.4 Å². The van der Waals surface area contributed by atoms with E-state index < -0.39 is 0 Å². The lowest BCUT2D eigenvalue weighted by molar-refractivity contribution is 0.339. The zero-order valence-corrected chi connectivity index (χ0v) is 14.2. The minimum atomic E-state index is 0.404. The second-order valence-corrected chi connectivity index (χ2v) is 8.47. The molecule has 4 heteroatoms. The molecule has 0 bridgehead atoms. The standard InChI is InChI=1S/C12H19Br2NS/c1-12(2,3)6-5-9(15-4)10-7-8(13)11(14)16-10/h7,9,15H,5-6H2,1-4H3. The quantitative estimate of drug-likeness (QED) is 0.754. The maximum atomic E-state index is 3.55. The molecule has 1 unspecified atom stereocenters. The Kier molecular flexibility index (Phi) is 5.49. The molecule has 0 aliphatic rings. The Hall–Kier alpha value is 0.620. The van der Waals surface area contributed by atoms with E-state index >= 15 is 0 Å². The summed E-state index contributed by atoms with van der Waals surface area (Å²) in [7, 11) is 2.04. The zero-order chi connectivity index (χ0) is 12.3. The first-order valence-corrected chi connectivity index (χ1v) is 7.86. The third kappa shape index (κ3) is 4.47. The monoisotopic (exact) mass is 367 g/mol. The van der Waals surface area contributed by atoms with Crippen molar-refractivity contribution in [1.29, 1.82) is 0 Å². The number of rotatable bonds is 4. The Morgan fingerprint density at radius 2 is 2.00 bits per heavy atom. The molecule has 1 atom stereocenters. The lowest BCUT2D eigenvalue weighted by Crippen LogP contribution is -2.17. The summed E-state index contributed by atoms with van der Waals surface area (Å²) in [6, 6.07) is 2.67. The summed E-state index contributed by atoms with van der Waals surface area (Å²) in [5, 5.41) is 3.40. The van der Waals surface area contributed by atoms with Gasteiger partial charge in [-0.15, -0.1) is 11.3 Å². The normalized spacial score (nSPS) is 14.1. The fourth-order valence-electron chi connectivity index (χ4n) is 1.54. The minimum Gasteiger partial charge on any atom is -0.312 e. The highest BCUT2D eigenvalue weighted by Crippen LogP contribution is 2.37. The second-order valence-electron chi connectivity index (χ2n) is 5.21. The predicted molar refractivity (Wildman–Crippen MR) is 80.2 cm³/mol. The van der Waals surface area contributed by atoms with E-state index in [9.17, 15) is 0 Å². The first-order valence-electron chi connectivity index (χ1n) is 5.45. The highest BCUT2D eigenvalue weighted by Gasteiger charge is 2.18. The van der Waals surface area contributed by atoms with Crippen molar-refractivity contribution in [2.24, 2.45) is 5.41 Å². The Morgan fingerprint density at radius 3 is 2.38 bits per heavy atom. The van der Waals surface area contributed by atoms with E-state index in [1.54, 1.807) is 11.3 Å². The van der Waals surface area contributed by atoms with Crippen molar-refractivity contribution in [2.75, 3.05) is 7.05 Å². The lowest BCUT2D eigenvalue weighted by Gasteiger charge is -2.22. The largest absolute Gasteiger partial charge is 0.312 e. The molecular weight excluding hydrogens is 350 g/mol. The van der Waals surface area contributed by atoms with E-state index in [-0.39, 0.29) is 0 Å². The predicted octanol–water partition coefficient (Wildman–Crippen LogP) is 5.36. The Bertz CT molecular complexity index is 322. The molecule has 0 spiro atoms. The van der Waals surface area contributed by atoms with Crippen molar-refractivity contribution >= 4 is 43.2 Å². The molecule has 0 amide bonds. The molecule has 0 fully saturated rings.